The van der Waals surface area contributed by atoms with Crippen LogP contribution in [0, 0.1) is 6.92 Å². The van der Waals surface area contributed by atoms with E-state index in [1.165, 1.54) is 5.56 Å². The first-order chi connectivity index (χ1) is 22.7. The van der Waals surface area contributed by atoms with E-state index in [-0.39, 0.29) is 0 Å². The van der Waals surface area contributed by atoms with Gasteiger partial charge in [0.2, 0.25) is 0 Å². The van der Waals surface area contributed by atoms with Gasteiger partial charge in [0.25, 0.3) is 0 Å². The highest BCUT2D eigenvalue weighted by Crippen LogP contribution is 2.45. The van der Waals surface area contributed by atoms with Gasteiger partial charge < -0.3 is 0 Å². The molecule has 218 valence electrons. The van der Waals surface area contributed by atoms with Crippen molar-refractivity contribution in [2.45, 2.75) is 6.92 Å². The van der Waals surface area contributed by atoms with Crippen LogP contribution in [0.4, 0.5) is 17.3 Å². The minimum atomic E-state index is 0.816. The summed E-state index contributed by atoms with van der Waals surface area (Å²) in [6, 6.07) is 51.0. The zero-order valence-electron chi connectivity index (χ0n) is 25.2. The van der Waals surface area contributed by atoms with Crippen molar-refractivity contribution in [3.05, 3.63) is 164 Å². The van der Waals surface area contributed by atoms with Crippen LogP contribution in [0.2, 0.25) is 0 Å². The third kappa shape index (κ3) is 4.10. The van der Waals surface area contributed by atoms with E-state index in [0.29, 0.717) is 0 Å². The van der Waals surface area contributed by atoms with Crippen molar-refractivity contribution in [3.63, 3.8) is 0 Å². The zero-order valence-corrected chi connectivity index (χ0v) is 25.2. The van der Waals surface area contributed by atoms with Crippen LogP contribution in [-0.4, -0.2) is 18.8 Å². The minimum Gasteiger partial charge on any atom is -0.297 e. The third-order valence-corrected chi connectivity index (χ3v) is 8.81. The number of fused-ring (bicyclic) bond motifs is 6. The van der Waals surface area contributed by atoms with Gasteiger partial charge in [0, 0.05) is 40.0 Å². The van der Waals surface area contributed by atoms with E-state index >= 15 is 0 Å². The predicted molar refractivity (Wildman–Crippen MR) is 189 cm³/mol. The molecular formula is C41H29N5. The van der Waals surface area contributed by atoms with E-state index in [1.807, 2.05) is 0 Å². The summed E-state index contributed by atoms with van der Waals surface area (Å²) in [6.07, 6.45) is 4.28. The van der Waals surface area contributed by atoms with E-state index in [4.69, 9.17) is 9.97 Å². The van der Waals surface area contributed by atoms with Gasteiger partial charge in [-0.2, -0.15) is 0 Å². The van der Waals surface area contributed by atoms with Crippen molar-refractivity contribution < 1.29 is 0 Å². The second-order valence-electron chi connectivity index (χ2n) is 11.7. The summed E-state index contributed by atoms with van der Waals surface area (Å²) >= 11 is 0. The number of hydrogen-bond acceptors (Lipinski definition) is 3. The first-order valence-electron chi connectivity index (χ1n) is 15.5. The molecule has 4 heterocycles. The van der Waals surface area contributed by atoms with E-state index in [2.05, 4.69) is 179 Å². The Hall–Kier alpha value is -6.20. The molecule has 5 aromatic carbocycles. The molecule has 0 aliphatic carbocycles. The Balaban J connectivity index is 1.45. The maximum Gasteiger partial charge on any atom is 0.166 e. The van der Waals surface area contributed by atoms with Crippen molar-refractivity contribution in [2.24, 2.45) is 0 Å². The largest absolute Gasteiger partial charge is 0.297 e. The molecule has 0 amide bonds. The number of benzene rings is 5. The minimum absolute atomic E-state index is 0.816. The van der Waals surface area contributed by atoms with E-state index < -0.39 is 0 Å². The fourth-order valence-electron chi connectivity index (χ4n) is 6.59. The summed E-state index contributed by atoms with van der Waals surface area (Å²) in [5, 5.41) is 4.50. The topological polar surface area (TPSA) is 37.8 Å². The van der Waals surface area contributed by atoms with Gasteiger partial charge in [-0.25, -0.2) is 9.97 Å². The molecule has 0 N–H and O–H groups in total. The van der Waals surface area contributed by atoms with Gasteiger partial charge in [-0.05, 0) is 42.0 Å². The third-order valence-electron chi connectivity index (χ3n) is 8.81. The Morgan fingerprint density at radius 3 is 1.37 bits per heavy atom. The SMILES string of the molecule is Cc1ccc(N(c2nc3c4ccccc4ccn3c2-c2ccccc2)c2nc3c4ccccc4ccn3c2-c2ccccc2)cc1. The molecule has 0 unspecified atom stereocenters. The predicted octanol–water partition coefficient (Wildman–Crippen LogP) is 10.4. The van der Waals surface area contributed by atoms with E-state index in [1.54, 1.807) is 0 Å². The van der Waals surface area contributed by atoms with Crippen molar-refractivity contribution >= 4 is 50.2 Å². The summed E-state index contributed by atoms with van der Waals surface area (Å²) in [5.41, 5.74) is 8.14. The molecule has 0 aliphatic rings. The number of hydrogen-bond donors (Lipinski definition) is 0. The van der Waals surface area contributed by atoms with Crippen LogP contribution in [0.1, 0.15) is 5.56 Å². The molecule has 0 fully saturated rings. The monoisotopic (exact) mass is 591 g/mol. The van der Waals surface area contributed by atoms with Gasteiger partial charge in [0.15, 0.2) is 11.6 Å². The molecular weight excluding hydrogens is 562 g/mol. The zero-order chi connectivity index (χ0) is 30.6. The second-order valence-corrected chi connectivity index (χ2v) is 11.7. The molecule has 0 radical (unpaired) electrons. The summed E-state index contributed by atoms with van der Waals surface area (Å²) in [7, 11) is 0. The lowest BCUT2D eigenvalue weighted by molar-refractivity contribution is 1.17. The Bertz CT molecular complexity index is 2370. The molecule has 5 heteroatoms. The van der Waals surface area contributed by atoms with E-state index in [0.717, 1.165) is 72.7 Å². The first-order valence-corrected chi connectivity index (χ1v) is 15.5. The van der Waals surface area contributed by atoms with Gasteiger partial charge in [0.1, 0.15) is 11.3 Å². The molecule has 46 heavy (non-hydrogen) atoms. The van der Waals surface area contributed by atoms with Crippen LogP contribution in [0.5, 0.6) is 0 Å². The summed E-state index contributed by atoms with van der Waals surface area (Å²) in [4.78, 5) is 13.2. The smallest absolute Gasteiger partial charge is 0.166 e. The van der Waals surface area contributed by atoms with Crippen molar-refractivity contribution in [1.29, 1.82) is 0 Å². The van der Waals surface area contributed by atoms with Gasteiger partial charge in [-0.1, -0.05) is 127 Å². The number of nitrogens with zero attached hydrogens (tertiary/aromatic N) is 5. The van der Waals surface area contributed by atoms with Crippen LogP contribution in [0.15, 0.2) is 158 Å². The molecule has 0 spiro atoms. The number of aromatic nitrogens is 4. The van der Waals surface area contributed by atoms with Crippen LogP contribution in [0.25, 0.3) is 55.4 Å². The molecule has 4 aromatic heterocycles. The van der Waals surface area contributed by atoms with Crippen molar-refractivity contribution in [2.75, 3.05) is 4.90 Å². The lowest BCUT2D eigenvalue weighted by atomic mass is 10.1. The fourth-order valence-corrected chi connectivity index (χ4v) is 6.59. The highest BCUT2D eigenvalue weighted by molar-refractivity contribution is 6.01. The van der Waals surface area contributed by atoms with Crippen LogP contribution in [-0.2, 0) is 0 Å². The number of rotatable bonds is 5. The van der Waals surface area contributed by atoms with E-state index in [9.17, 15) is 0 Å². The summed E-state index contributed by atoms with van der Waals surface area (Å²) in [5.74, 6) is 1.63. The Labute approximate surface area is 266 Å². The fraction of sp³-hybridized carbons (Fsp3) is 0.0244. The van der Waals surface area contributed by atoms with Crippen LogP contribution < -0.4 is 4.90 Å². The van der Waals surface area contributed by atoms with Crippen LogP contribution in [0.3, 0.4) is 0 Å². The number of pyridine rings is 2. The number of anilines is 3. The molecule has 0 aliphatic heterocycles. The van der Waals surface area contributed by atoms with Gasteiger partial charge in [-0.15, -0.1) is 0 Å². The first kappa shape index (κ1) is 26.2. The maximum absolute atomic E-state index is 5.50. The van der Waals surface area contributed by atoms with Gasteiger partial charge in [-0.3, -0.25) is 13.7 Å². The highest BCUT2D eigenvalue weighted by Gasteiger charge is 2.29. The van der Waals surface area contributed by atoms with Gasteiger partial charge >= 0.3 is 0 Å². The number of aryl methyl sites for hydroxylation is 1. The molecule has 9 aromatic rings. The van der Waals surface area contributed by atoms with Crippen LogP contribution >= 0.6 is 0 Å². The average molecular weight is 592 g/mol. The second kappa shape index (κ2) is 10.5. The molecule has 0 saturated carbocycles. The standard InChI is InChI=1S/C41H29N5/c1-28-20-22-33(23-21-28)46(40-36(31-14-4-2-5-15-31)44-26-24-29-12-8-10-18-34(29)38(44)42-40)41-37(32-16-6-3-7-17-32)45-27-25-30-13-9-11-19-35(30)39(45)43-41/h2-27H,1H3. The molecule has 0 bridgehead atoms. The summed E-state index contributed by atoms with van der Waals surface area (Å²) in [6.45, 7) is 2.12. The highest BCUT2D eigenvalue weighted by atomic mass is 15.3. The lowest BCUT2D eigenvalue weighted by Crippen LogP contribution is -2.13. The summed E-state index contributed by atoms with van der Waals surface area (Å²) < 4.78 is 4.45. The molecule has 0 saturated heterocycles. The number of imidazole rings is 2. The molecule has 5 nitrogen and oxygen atoms in total. The Kier molecular flexibility index (Phi) is 5.96. The quantitative estimate of drug-likeness (QED) is 0.200. The van der Waals surface area contributed by atoms with Crippen molar-refractivity contribution in [3.8, 4) is 22.5 Å². The van der Waals surface area contributed by atoms with Gasteiger partial charge in [0.05, 0.1) is 11.4 Å². The molecule has 9 rings (SSSR count). The normalized spacial score (nSPS) is 11.6. The van der Waals surface area contributed by atoms with Crippen molar-refractivity contribution in [1.82, 2.24) is 18.8 Å². The Morgan fingerprint density at radius 1 is 0.457 bits per heavy atom. The molecule has 0 atom stereocenters. The maximum atomic E-state index is 5.50. The Morgan fingerprint density at radius 2 is 0.891 bits per heavy atom. The average Bonchev–Trinajstić information content (AvgIpc) is 3.70. The lowest BCUT2D eigenvalue weighted by Gasteiger charge is -2.24.